The van der Waals surface area contributed by atoms with Crippen molar-refractivity contribution in [3.63, 3.8) is 0 Å². The van der Waals surface area contributed by atoms with Gasteiger partial charge >= 0.3 is 0 Å². The van der Waals surface area contributed by atoms with Gasteiger partial charge in [-0.1, -0.05) is 19.9 Å². The Labute approximate surface area is 95.9 Å². The summed E-state index contributed by atoms with van der Waals surface area (Å²) in [6, 6.07) is 7.05. The van der Waals surface area contributed by atoms with Gasteiger partial charge < -0.3 is 5.32 Å². The zero-order valence-electron chi connectivity index (χ0n) is 9.53. The van der Waals surface area contributed by atoms with Crippen molar-refractivity contribution in [2.45, 2.75) is 39.3 Å². The van der Waals surface area contributed by atoms with Gasteiger partial charge in [-0.2, -0.15) is 5.26 Å². The van der Waals surface area contributed by atoms with Gasteiger partial charge in [-0.05, 0) is 24.3 Å². The molecule has 0 bridgehead atoms. The number of nitrogens with zero attached hydrogens (tertiary/aromatic N) is 1. The van der Waals surface area contributed by atoms with Crippen molar-refractivity contribution in [3.05, 3.63) is 22.4 Å². The minimum Gasteiger partial charge on any atom is -0.305 e. The molecule has 2 unspecified atom stereocenters. The van der Waals surface area contributed by atoms with Crippen LogP contribution in [0.3, 0.4) is 0 Å². The molecule has 3 heteroatoms. The van der Waals surface area contributed by atoms with E-state index in [2.05, 4.69) is 49.7 Å². The molecule has 1 aromatic heterocycles. The van der Waals surface area contributed by atoms with Crippen LogP contribution in [0.4, 0.5) is 0 Å². The Hall–Kier alpha value is -0.850. The highest BCUT2D eigenvalue weighted by molar-refractivity contribution is 7.10. The summed E-state index contributed by atoms with van der Waals surface area (Å²) < 4.78 is 0. The first-order chi connectivity index (χ1) is 7.15. The lowest BCUT2D eigenvalue weighted by molar-refractivity contribution is 0.377. The molecule has 0 saturated carbocycles. The topological polar surface area (TPSA) is 35.8 Å². The molecule has 1 N–H and O–H groups in total. The van der Waals surface area contributed by atoms with Crippen LogP contribution in [0.15, 0.2) is 17.5 Å². The summed E-state index contributed by atoms with van der Waals surface area (Å²) in [6.07, 6.45) is 0.564. The first kappa shape index (κ1) is 12.2. The van der Waals surface area contributed by atoms with E-state index >= 15 is 0 Å². The SMILES string of the molecule is CC(CC#N)NC(c1cccs1)C(C)C. The molecule has 0 radical (unpaired) electrons. The molecule has 2 nitrogen and oxygen atoms in total. The molecule has 0 aliphatic carbocycles. The van der Waals surface area contributed by atoms with Gasteiger partial charge in [0.25, 0.3) is 0 Å². The Balaban J connectivity index is 2.64. The van der Waals surface area contributed by atoms with Crippen LogP contribution in [0.2, 0.25) is 0 Å². The normalized spacial score (nSPS) is 14.9. The highest BCUT2D eigenvalue weighted by atomic mass is 32.1. The second kappa shape index (κ2) is 5.89. The van der Waals surface area contributed by atoms with Crippen LogP contribution >= 0.6 is 11.3 Å². The van der Waals surface area contributed by atoms with Gasteiger partial charge in [0.1, 0.15) is 0 Å². The van der Waals surface area contributed by atoms with Crippen molar-refractivity contribution < 1.29 is 0 Å². The predicted molar refractivity (Wildman–Crippen MR) is 64.7 cm³/mol. The third kappa shape index (κ3) is 3.65. The summed E-state index contributed by atoms with van der Waals surface area (Å²) in [5.74, 6) is 0.546. The van der Waals surface area contributed by atoms with Crippen LogP contribution in [0, 0.1) is 17.2 Å². The lowest BCUT2D eigenvalue weighted by Crippen LogP contribution is -2.32. The molecule has 0 fully saturated rings. The molecule has 1 rings (SSSR count). The molecule has 0 aliphatic heterocycles. The van der Waals surface area contributed by atoms with Crippen LogP contribution in [0.1, 0.15) is 38.1 Å². The van der Waals surface area contributed by atoms with Crippen molar-refractivity contribution in [1.82, 2.24) is 5.32 Å². The largest absolute Gasteiger partial charge is 0.305 e. The summed E-state index contributed by atoms with van der Waals surface area (Å²) in [6.45, 7) is 6.47. The number of hydrogen-bond donors (Lipinski definition) is 1. The maximum Gasteiger partial charge on any atom is 0.0638 e. The molecule has 1 aromatic rings. The number of nitrogens with one attached hydrogen (secondary N) is 1. The van der Waals surface area contributed by atoms with E-state index < -0.39 is 0 Å². The lowest BCUT2D eigenvalue weighted by Gasteiger charge is -2.24. The van der Waals surface area contributed by atoms with Crippen LogP contribution in [-0.4, -0.2) is 6.04 Å². The highest BCUT2D eigenvalue weighted by Crippen LogP contribution is 2.26. The predicted octanol–water partition coefficient (Wildman–Crippen LogP) is 3.34. The van der Waals surface area contributed by atoms with Crippen LogP contribution in [0.25, 0.3) is 0 Å². The van der Waals surface area contributed by atoms with Crippen molar-refractivity contribution >= 4 is 11.3 Å². The standard InChI is InChI=1S/C12H18N2S/c1-9(2)12(11-5-4-8-15-11)14-10(3)6-7-13/h4-5,8-10,12,14H,6H2,1-3H3. The maximum atomic E-state index is 8.63. The lowest BCUT2D eigenvalue weighted by atomic mass is 10.0. The van der Waals surface area contributed by atoms with Crippen LogP contribution < -0.4 is 5.32 Å². The molecule has 2 atom stereocenters. The van der Waals surface area contributed by atoms with Gasteiger partial charge in [0.15, 0.2) is 0 Å². The summed E-state index contributed by atoms with van der Waals surface area (Å²) in [5, 5.41) is 14.2. The van der Waals surface area contributed by atoms with Crippen molar-refractivity contribution in [2.75, 3.05) is 0 Å². The van der Waals surface area contributed by atoms with E-state index in [1.807, 2.05) is 0 Å². The Kier molecular flexibility index (Phi) is 4.80. The molecule has 0 aromatic carbocycles. The minimum atomic E-state index is 0.254. The quantitative estimate of drug-likeness (QED) is 0.829. The number of nitriles is 1. The van der Waals surface area contributed by atoms with Gasteiger partial charge in [0.05, 0.1) is 12.5 Å². The van der Waals surface area contributed by atoms with E-state index in [0.29, 0.717) is 18.4 Å². The Bertz CT molecular complexity index is 311. The summed E-state index contributed by atoms with van der Waals surface area (Å²) >= 11 is 1.77. The molecule has 15 heavy (non-hydrogen) atoms. The minimum absolute atomic E-state index is 0.254. The van der Waals surface area contributed by atoms with Gasteiger partial charge in [-0.3, -0.25) is 0 Å². The summed E-state index contributed by atoms with van der Waals surface area (Å²) in [5.41, 5.74) is 0. The smallest absolute Gasteiger partial charge is 0.0638 e. The molecule has 0 spiro atoms. The second-order valence-electron chi connectivity index (χ2n) is 4.17. The van der Waals surface area contributed by atoms with Crippen molar-refractivity contribution in [1.29, 1.82) is 5.26 Å². The van der Waals surface area contributed by atoms with Gasteiger partial charge in [0, 0.05) is 17.0 Å². The fourth-order valence-corrected chi connectivity index (χ4v) is 2.53. The average molecular weight is 222 g/mol. The van der Waals surface area contributed by atoms with Gasteiger partial charge in [0.2, 0.25) is 0 Å². The maximum absolute atomic E-state index is 8.63. The van der Waals surface area contributed by atoms with E-state index in [4.69, 9.17) is 5.26 Å². The van der Waals surface area contributed by atoms with E-state index in [0.717, 1.165) is 0 Å². The average Bonchev–Trinajstić information content (AvgIpc) is 2.66. The molecule has 0 amide bonds. The molecule has 0 aliphatic rings. The zero-order chi connectivity index (χ0) is 11.3. The summed E-state index contributed by atoms with van der Waals surface area (Å²) in [4.78, 5) is 1.36. The van der Waals surface area contributed by atoms with E-state index in [9.17, 15) is 0 Å². The van der Waals surface area contributed by atoms with E-state index in [1.165, 1.54) is 4.88 Å². The molecular weight excluding hydrogens is 204 g/mol. The highest BCUT2D eigenvalue weighted by Gasteiger charge is 2.18. The molecule has 0 saturated heterocycles. The fraction of sp³-hybridized carbons (Fsp3) is 0.583. The Morgan fingerprint density at radius 1 is 1.47 bits per heavy atom. The van der Waals surface area contributed by atoms with E-state index in [-0.39, 0.29) is 6.04 Å². The number of rotatable bonds is 5. The van der Waals surface area contributed by atoms with Gasteiger partial charge in [-0.25, -0.2) is 0 Å². The zero-order valence-corrected chi connectivity index (χ0v) is 10.3. The Morgan fingerprint density at radius 2 is 2.20 bits per heavy atom. The van der Waals surface area contributed by atoms with Crippen molar-refractivity contribution in [2.24, 2.45) is 5.92 Å². The first-order valence-corrected chi connectivity index (χ1v) is 6.19. The third-order valence-electron chi connectivity index (χ3n) is 2.38. The number of hydrogen-bond acceptors (Lipinski definition) is 3. The Morgan fingerprint density at radius 3 is 2.67 bits per heavy atom. The monoisotopic (exact) mass is 222 g/mol. The number of thiophene rings is 1. The molecule has 82 valence electrons. The molecular formula is C12H18N2S. The van der Waals surface area contributed by atoms with Crippen molar-refractivity contribution in [3.8, 4) is 6.07 Å². The van der Waals surface area contributed by atoms with Crippen LogP contribution in [0.5, 0.6) is 0 Å². The molecule has 1 heterocycles. The van der Waals surface area contributed by atoms with E-state index in [1.54, 1.807) is 11.3 Å². The summed E-state index contributed by atoms with van der Waals surface area (Å²) in [7, 11) is 0. The fourth-order valence-electron chi connectivity index (χ4n) is 1.57. The van der Waals surface area contributed by atoms with Gasteiger partial charge in [-0.15, -0.1) is 11.3 Å². The first-order valence-electron chi connectivity index (χ1n) is 5.31. The third-order valence-corrected chi connectivity index (χ3v) is 3.33. The van der Waals surface area contributed by atoms with Crippen LogP contribution in [-0.2, 0) is 0 Å². The second-order valence-corrected chi connectivity index (χ2v) is 5.15.